The first-order valence-electron chi connectivity index (χ1n) is 6.13. The fourth-order valence-corrected chi connectivity index (χ4v) is 1.71. The van der Waals surface area contributed by atoms with Crippen LogP contribution in [-0.2, 0) is 6.42 Å². The lowest BCUT2D eigenvalue weighted by molar-refractivity contribution is 0.0943. The van der Waals surface area contributed by atoms with Crippen LogP contribution in [0.1, 0.15) is 25.3 Å². The molecule has 0 aliphatic carbocycles. The Balaban J connectivity index is 0.000000160. The highest BCUT2D eigenvalue weighted by atomic mass is 16.3. The van der Waals surface area contributed by atoms with Crippen molar-refractivity contribution in [3.05, 3.63) is 35.9 Å². The van der Waals surface area contributed by atoms with E-state index in [4.69, 9.17) is 5.11 Å². The Morgan fingerprint density at radius 1 is 1.19 bits per heavy atom. The summed E-state index contributed by atoms with van der Waals surface area (Å²) in [5, 5.41) is 9.00. The van der Waals surface area contributed by atoms with Crippen molar-refractivity contribution >= 4 is 0 Å². The molecule has 1 aromatic carbocycles. The fraction of sp³-hybridized carbons (Fsp3) is 0.571. The minimum atomic E-state index is -0.0220. The molecule has 1 N–H and O–H groups in total. The number of piperidine rings is 1. The third-order valence-corrected chi connectivity index (χ3v) is 2.94. The quantitative estimate of drug-likeness (QED) is 0.786. The van der Waals surface area contributed by atoms with Gasteiger partial charge in [-0.15, -0.1) is 0 Å². The number of hydrogen-bond donors (Lipinski definition) is 1. The van der Waals surface area contributed by atoms with Crippen molar-refractivity contribution in [2.75, 3.05) is 20.1 Å². The molecule has 1 aliphatic heterocycles. The van der Waals surface area contributed by atoms with Gasteiger partial charge in [-0.25, -0.2) is 0 Å². The number of rotatable bonds is 1. The Bertz CT molecular complexity index is 255. The Morgan fingerprint density at radius 3 is 2.12 bits per heavy atom. The predicted octanol–water partition coefficient (Wildman–Crippen LogP) is 2.32. The van der Waals surface area contributed by atoms with E-state index in [2.05, 4.69) is 43.1 Å². The standard InChI is InChI=1S/C8H10.C6H13NO/c1-2-8-6-4-3-5-7-8;1-7-4-2-6(8)3-5-7/h3-7H,2H2,1H3;6,8H,2-5H2,1H3. The summed E-state index contributed by atoms with van der Waals surface area (Å²) in [6.45, 7) is 4.28. The zero-order valence-corrected chi connectivity index (χ0v) is 10.4. The van der Waals surface area contributed by atoms with Crippen molar-refractivity contribution in [1.29, 1.82) is 0 Å². The summed E-state index contributed by atoms with van der Waals surface area (Å²) in [5.74, 6) is 0. The number of aliphatic hydroxyl groups excluding tert-OH is 1. The fourth-order valence-electron chi connectivity index (χ4n) is 1.71. The van der Waals surface area contributed by atoms with Crippen molar-refractivity contribution in [2.24, 2.45) is 0 Å². The molecule has 0 atom stereocenters. The molecule has 0 spiro atoms. The summed E-state index contributed by atoms with van der Waals surface area (Å²) < 4.78 is 0. The van der Waals surface area contributed by atoms with E-state index in [-0.39, 0.29) is 6.10 Å². The highest BCUT2D eigenvalue weighted by Crippen LogP contribution is 2.06. The normalized spacial score (nSPS) is 17.7. The molecule has 0 saturated carbocycles. The van der Waals surface area contributed by atoms with Gasteiger partial charge in [0, 0.05) is 13.1 Å². The minimum absolute atomic E-state index is 0.0220. The number of hydrogen-bond acceptors (Lipinski definition) is 2. The van der Waals surface area contributed by atoms with Crippen molar-refractivity contribution in [3.63, 3.8) is 0 Å². The summed E-state index contributed by atoms with van der Waals surface area (Å²) in [5.41, 5.74) is 1.41. The maximum Gasteiger partial charge on any atom is 0.0564 e. The Morgan fingerprint density at radius 2 is 1.75 bits per heavy atom. The number of likely N-dealkylation sites (tertiary alicyclic amines) is 1. The third kappa shape index (κ3) is 5.29. The molecular weight excluding hydrogens is 198 g/mol. The Kier molecular flexibility index (Phi) is 6.12. The van der Waals surface area contributed by atoms with Gasteiger partial charge >= 0.3 is 0 Å². The molecule has 1 saturated heterocycles. The number of aliphatic hydroxyl groups is 1. The van der Waals surface area contributed by atoms with E-state index < -0.39 is 0 Å². The van der Waals surface area contributed by atoms with Gasteiger partial charge < -0.3 is 10.0 Å². The van der Waals surface area contributed by atoms with Gasteiger partial charge in [-0.05, 0) is 31.9 Å². The zero-order valence-electron chi connectivity index (χ0n) is 10.4. The summed E-state index contributed by atoms with van der Waals surface area (Å²) in [4.78, 5) is 2.24. The van der Waals surface area contributed by atoms with Gasteiger partial charge in [-0.3, -0.25) is 0 Å². The summed E-state index contributed by atoms with van der Waals surface area (Å²) in [6.07, 6.45) is 3.03. The molecular formula is C14H23NO. The minimum Gasteiger partial charge on any atom is -0.393 e. The lowest BCUT2D eigenvalue weighted by Gasteiger charge is -2.25. The second kappa shape index (κ2) is 7.42. The van der Waals surface area contributed by atoms with Crippen LogP contribution < -0.4 is 0 Å². The summed E-state index contributed by atoms with van der Waals surface area (Å²) >= 11 is 0. The van der Waals surface area contributed by atoms with E-state index in [1.807, 2.05) is 6.07 Å². The van der Waals surface area contributed by atoms with Crippen LogP contribution in [0.15, 0.2) is 30.3 Å². The monoisotopic (exact) mass is 221 g/mol. The summed E-state index contributed by atoms with van der Waals surface area (Å²) in [7, 11) is 2.09. The van der Waals surface area contributed by atoms with E-state index in [9.17, 15) is 0 Å². The van der Waals surface area contributed by atoms with Gasteiger partial charge in [0.05, 0.1) is 6.10 Å². The van der Waals surface area contributed by atoms with Crippen molar-refractivity contribution in [3.8, 4) is 0 Å². The van der Waals surface area contributed by atoms with Crippen LogP contribution in [0.25, 0.3) is 0 Å². The highest BCUT2D eigenvalue weighted by molar-refractivity contribution is 5.13. The molecule has 2 nitrogen and oxygen atoms in total. The van der Waals surface area contributed by atoms with Gasteiger partial charge in [0.1, 0.15) is 0 Å². The first-order valence-corrected chi connectivity index (χ1v) is 6.13. The number of aryl methyl sites for hydroxylation is 1. The molecule has 1 fully saturated rings. The van der Waals surface area contributed by atoms with Crippen molar-refractivity contribution < 1.29 is 5.11 Å². The van der Waals surface area contributed by atoms with Gasteiger partial charge in [-0.1, -0.05) is 37.3 Å². The first-order chi connectivity index (χ1) is 7.72. The maximum atomic E-state index is 9.00. The SMILES string of the molecule is CCc1ccccc1.CN1CCC(O)CC1. The third-order valence-electron chi connectivity index (χ3n) is 2.94. The molecule has 0 radical (unpaired) electrons. The van der Waals surface area contributed by atoms with Gasteiger partial charge in [0.2, 0.25) is 0 Å². The molecule has 2 rings (SSSR count). The molecule has 0 unspecified atom stereocenters. The maximum absolute atomic E-state index is 9.00. The number of nitrogens with zero attached hydrogens (tertiary/aromatic N) is 1. The largest absolute Gasteiger partial charge is 0.393 e. The molecule has 1 aliphatic rings. The van der Waals surface area contributed by atoms with Gasteiger partial charge in [0.15, 0.2) is 0 Å². The molecule has 0 bridgehead atoms. The second-order valence-electron chi connectivity index (χ2n) is 4.37. The van der Waals surface area contributed by atoms with Gasteiger partial charge in [0.25, 0.3) is 0 Å². The van der Waals surface area contributed by atoms with Crippen LogP contribution >= 0.6 is 0 Å². The van der Waals surface area contributed by atoms with E-state index in [1.165, 1.54) is 5.56 Å². The van der Waals surface area contributed by atoms with E-state index in [1.54, 1.807) is 0 Å². The number of benzene rings is 1. The van der Waals surface area contributed by atoms with Crippen LogP contribution in [0.5, 0.6) is 0 Å². The van der Waals surface area contributed by atoms with Gasteiger partial charge in [-0.2, -0.15) is 0 Å². The predicted molar refractivity (Wildman–Crippen MR) is 68.6 cm³/mol. The van der Waals surface area contributed by atoms with E-state index in [0.717, 1.165) is 32.4 Å². The van der Waals surface area contributed by atoms with E-state index >= 15 is 0 Å². The zero-order chi connectivity index (χ0) is 11.8. The lowest BCUT2D eigenvalue weighted by Crippen LogP contribution is -2.32. The van der Waals surface area contributed by atoms with Crippen LogP contribution in [0.3, 0.4) is 0 Å². The second-order valence-corrected chi connectivity index (χ2v) is 4.37. The topological polar surface area (TPSA) is 23.5 Å². The van der Waals surface area contributed by atoms with Crippen molar-refractivity contribution in [1.82, 2.24) is 4.90 Å². The van der Waals surface area contributed by atoms with Crippen molar-refractivity contribution in [2.45, 2.75) is 32.3 Å². The van der Waals surface area contributed by atoms with Crippen LogP contribution in [0.4, 0.5) is 0 Å². The summed E-state index contributed by atoms with van der Waals surface area (Å²) in [6, 6.07) is 10.5. The lowest BCUT2D eigenvalue weighted by atomic mass is 10.1. The smallest absolute Gasteiger partial charge is 0.0564 e. The van der Waals surface area contributed by atoms with Crippen LogP contribution in [-0.4, -0.2) is 36.2 Å². The molecule has 1 heterocycles. The first kappa shape index (κ1) is 13.2. The van der Waals surface area contributed by atoms with Crippen LogP contribution in [0, 0.1) is 0 Å². The van der Waals surface area contributed by atoms with E-state index in [0.29, 0.717) is 0 Å². The molecule has 2 heteroatoms. The molecule has 0 aromatic heterocycles. The average Bonchev–Trinajstić information content (AvgIpc) is 2.35. The Hall–Kier alpha value is -0.860. The molecule has 1 aromatic rings. The van der Waals surface area contributed by atoms with Crippen LogP contribution in [0.2, 0.25) is 0 Å². The average molecular weight is 221 g/mol. The molecule has 90 valence electrons. The Labute approximate surface area is 98.9 Å². The highest BCUT2D eigenvalue weighted by Gasteiger charge is 2.12. The molecule has 0 amide bonds. The molecule has 16 heavy (non-hydrogen) atoms.